The Bertz CT molecular complexity index is 795. The topological polar surface area (TPSA) is 82.4 Å². The summed E-state index contributed by atoms with van der Waals surface area (Å²) in [4.78, 5) is 27.5. The summed E-state index contributed by atoms with van der Waals surface area (Å²) in [5.74, 6) is 1.13. The fourth-order valence-electron chi connectivity index (χ4n) is 3.18. The van der Waals surface area contributed by atoms with Crippen molar-refractivity contribution in [3.8, 4) is 0 Å². The number of nitrogens with zero attached hydrogens (tertiary/aromatic N) is 5. The number of hydrogen-bond acceptors (Lipinski definition) is 7. The Morgan fingerprint density at radius 2 is 2.11 bits per heavy atom. The van der Waals surface area contributed by atoms with E-state index in [-0.39, 0.29) is 22.5 Å². The number of rotatable bonds is 8. The molecule has 0 radical (unpaired) electrons. The molecule has 1 saturated heterocycles. The number of ether oxygens (including phenoxy) is 2. The predicted octanol–water partition coefficient (Wildman–Crippen LogP) is 2.69. The summed E-state index contributed by atoms with van der Waals surface area (Å²) in [7, 11) is 1.65. The maximum atomic E-state index is 12.8. The van der Waals surface area contributed by atoms with Crippen LogP contribution in [0.3, 0.4) is 0 Å². The van der Waals surface area contributed by atoms with Crippen LogP contribution < -0.4 is 0 Å². The first kappa shape index (κ1) is 21.0. The third-order valence-electron chi connectivity index (χ3n) is 4.66. The fourth-order valence-corrected chi connectivity index (χ4v) is 3.70. The molecule has 1 aliphatic rings. The van der Waals surface area contributed by atoms with E-state index in [4.69, 9.17) is 21.1 Å². The van der Waals surface area contributed by atoms with Gasteiger partial charge in [-0.05, 0) is 19.1 Å². The number of halogens is 1. The lowest BCUT2D eigenvalue weighted by molar-refractivity contribution is 0.0318. The van der Waals surface area contributed by atoms with Gasteiger partial charge in [0.25, 0.3) is 5.91 Å². The number of carbonyl (C=O) groups excluding carboxylic acids is 1. The maximum Gasteiger partial charge on any atom is 0.274 e. The summed E-state index contributed by atoms with van der Waals surface area (Å²) in [6.45, 7) is 2.82. The summed E-state index contributed by atoms with van der Waals surface area (Å²) in [6, 6.07) is 0. The standard InChI is InChI=1S/C18H24ClN5O3S/c1-26-9-10-27-12-24-8-5-20-16(24)13-3-6-23(7-4-13)17(25)15-14(19)11-21-18(22-15)28-2/h5,8,11,13H,3-4,6-7,9-10,12H2,1-2H3. The van der Waals surface area contributed by atoms with Gasteiger partial charge in [0.1, 0.15) is 12.6 Å². The van der Waals surface area contributed by atoms with E-state index in [0.29, 0.717) is 38.2 Å². The molecule has 10 heteroatoms. The van der Waals surface area contributed by atoms with Crippen LogP contribution in [-0.4, -0.2) is 70.0 Å². The molecule has 152 valence electrons. The highest BCUT2D eigenvalue weighted by Gasteiger charge is 2.28. The van der Waals surface area contributed by atoms with E-state index < -0.39 is 0 Å². The fraction of sp³-hybridized carbons (Fsp3) is 0.556. The second-order valence-corrected chi connectivity index (χ2v) is 7.59. The number of amides is 1. The number of likely N-dealkylation sites (tertiary alicyclic amines) is 1. The van der Waals surface area contributed by atoms with Gasteiger partial charge in [-0.3, -0.25) is 4.79 Å². The van der Waals surface area contributed by atoms with Gasteiger partial charge in [0.15, 0.2) is 10.9 Å². The molecular formula is C18H24ClN5O3S. The third kappa shape index (κ3) is 5.02. The van der Waals surface area contributed by atoms with Gasteiger partial charge >= 0.3 is 0 Å². The maximum absolute atomic E-state index is 12.8. The van der Waals surface area contributed by atoms with Crippen LogP contribution in [0.5, 0.6) is 0 Å². The summed E-state index contributed by atoms with van der Waals surface area (Å²) in [5, 5.41) is 0.826. The van der Waals surface area contributed by atoms with Crippen LogP contribution in [0.25, 0.3) is 0 Å². The largest absolute Gasteiger partial charge is 0.382 e. The molecule has 28 heavy (non-hydrogen) atoms. The minimum atomic E-state index is -0.146. The van der Waals surface area contributed by atoms with E-state index in [9.17, 15) is 4.79 Å². The summed E-state index contributed by atoms with van der Waals surface area (Å²) >= 11 is 7.53. The smallest absolute Gasteiger partial charge is 0.274 e. The molecule has 0 aromatic carbocycles. The Morgan fingerprint density at radius 1 is 1.32 bits per heavy atom. The van der Waals surface area contributed by atoms with Gasteiger partial charge in [0.05, 0.1) is 24.4 Å². The normalized spacial score (nSPS) is 15.2. The van der Waals surface area contributed by atoms with Crippen LogP contribution in [0.4, 0.5) is 0 Å². The Kier molecular flexibility index (Phi) is 7.66. The minimum absolute atomic E-state index is 0.146. The van der Waals surface area contributed by atoms with Gasteiger partial charge in [-0.25, -0.2) is 15.0 Å². The molecule has 1 amide bonds. The van der Waals surface area contributed by atoms with E-state index >= 15 is 0 Å². The Labute approximate surface area is 173 Å². The molecular weight excluding hydrogens is 402 g/mol. The molecule has 0 unspecified atom stereocenters. The highest BCUT2D eigenvalue weighted by Crippen LogP contribution is 2.28. The van der Waals surface area contributed by atoms with Crippen molar-refractivity contribution in [1.82, 2.24) is 24.4 Å². The van der Waals surface area contributed by atoms with E-state index in [1.165, 1.54) is 18.0 Å². The molecule has 2 aromatic rings. The monoisotopic (exact) mass is 425 g/mol. The highest BCUT2D eigenvalue weighted by atomic mass is 35.5. The Balaban J connectivity index is 1.59. The van der Waals surface area contributed by atoms with Gasteiger partial charge in [-0.1, -0.05) is 23.4 Å². The number of thioether (sulfide) groups is 1. The number of aromatic nitrogens is 4. The predicted molar refractivity (Wildman–Crippen MR) is 107 cm³/mol. The van der Waals surface area contributed by atoms with Crippen LogP contribution in [0.1, 0.15) is 35.1 Å². The molecule has 0 saturated carbocycles. The lowest BCUT2D eigenvalue weighted by Gasteiger charge is -2.31. The number of piperidine rings is 1. The van der Waals surface area contributed by atoms with Crippen LogP contribution >= 0.6 is 23.4 Å². The van der Waals surface area contributed by atoms with Crippen molar-refractivity contribution in [2.45, 2.75) is 30.6 Å². The molecule has 0 bridgehead atoms. The first-order valence-corrected chi connectivity index (χ1v) is 10.7. The van der Waals surface area contributed by atoms with Crippen molar-refractivity contribution in [3.63, 3.8) is 0 Å². The number of methoxy groups -OCH3 is 1. The molecule has 1 fully saturated rings. The summed E-state index contributed by atoms with van der Waals surface area (Å²) in [6.07, 6.45) is 8.73. The zero-order valence-corrected chi connectivity index (χ0v) is 17.6. The molecule has 0 N–H and O–H groups in total. The molecule has 1 aliphatic heterocycles. The first-order valence-electron chi connectivity index (χ1n) is 9.07. The zero-order chi connectivity index (χ0) is 19.9. The Morgan fingerprint density at radius 3 is 2.82 bits per heavy atom. The number of hydrogen-bond donors (Lipinski definition) is 0. The average molecular weight is 426 g/mol. The SMILES string of the molecule is COCCOCn1ccnc1C1CCN(C(=O)c2nc(SC)ncc2Cl)CC1. The van der Waals surface area contributed by atoms with Crippen molar-refractivity contribution in [1.29, 1.82) is 0 Å². The number of imidazole rings is 1. The highest BCUT2D eigenvalue weighted by molar-refractivity contribution is 7.98. The van der Waals surface area contributed by atoms with Crippen LogP contribution in [-0.2, 0) is 16.2 Å². The van der Waals surface area contributed by atoms with Gasteiger partial charge in [-0.15, -0.1) is 0 Å². The average Bonchev–Trinajstić information content (AvgIpc) is 3.20. The zero-order valence-electron chi connectivity index (χ0n) is 16.0. The van der Waals surface area contributed by atoms with E-state index in [1.54, 1.807) is 18.2 Å². The first-order chi connectivity index (χ1) is 13.6. The quantitative estimate of drug-likeness (QED) is 0.365. The van der Waals surface area contributed by atoms with Crippen LogP contribution in [0.2, 0.25) is 5.02 Å². The molecule has 0 atom stereocenters. The third-order valence-corrected chi connectivity index (χ3v) is 5.50. The molecule has 0 aliphatic carbocycles. The molecule has 2 aromatic heterocycles. The van der Waals surface area contributed by atoms with Crippen molar-refractivity contribution in [3.05, 3.63) is 35.1 Å². The van der Waals surface area contributed by atoms with Crippen LogP contribution in [0, 0.1) is 0 Å². The van der Waals surface area contributed by atoms with Crippen molar-refractivity contribution < 1.29 is 14.3 Å². The van der Waals surface area contributed by atoms with Gasteiger partial charge < -0.3 is 18.9 Å². The van der Waals surface area contributed by atoms with Crippen molar-refractivity contribution in [2.75, 3.05) is 39.7 Å². The van der Waals surface area contributed by atoms with Gasteiger partial charge in [-0.2, -0.15) is 0 Å². The van der Waals surface area contributed by atoms with E-state index in [2.05, 4.69) is 15.0 Å². The van der Waals surface area contributed by atoms with Gasteiger partial charge in [0, 0.05) is 38.5 Å². The van der Waals surface area contributed by atoms with E-state index in [1.807, 2.05) is 17.0 Å². The second-order valence-electron chi connectivity index (χ2n) is 6.41. The van der Waals surface area contributed by atoms with E-state index in [0.717, 1.165) is 18.7 Å². The second kappa shape index (κ2) is 10.2. The molecule has 0 spiro atoms. The van der Waals surface area contributed by atoms with Crippen molar-refractivity contribution >= 4 is 29.3 Å². The van der Waals surface area contributed by atoms with Crippen molar-refractivity contribution in [2.24, 2.45) is 0 Å². The minimum Gasteiger partial charge on any atom is -0.382 e. The molecule has 3 rings (SSSR count). The molecule has 3 heterocycles. The number of carbonyl (C=O) groups is 1. The lowest BCUT2D eigenvalue weighted by atomic mass is 9.95. The summed E-state index contributed by atoms with van der Waals surface area (Å²) in [5.41, 5.74) is 0.271. The lowest BCUT2D eigenvalue weighted by Crippen LogP contribution is -2.39. The summed E-state index contributed by atoms with van der Waals surface area (Å²) < 4.78 is 12.6. The van der Waals surface area contributed by atoms with Crippen LogP contribution in [0.15, 0.2) is 23.7 Å². The van der Waals surface area contributed by atoms with Gasteiger partial charge in [0.2, 0.25) is 0 Å². The Hall–Kier alpha value is -1.68. The molecule has 8 nitrogen and oxygen atoms in total.